The quantitative estimate of drug-likeness (QED) is 0.764. The summed E-state index contributed by atoms with van der Waals surface area (Å²) in [6, 6.07) is 4.68. The Labute approximate surface area is 132 Å². The zero-order valence-electron chi connectivity index (χ0n) is 13.7. The molecule has 1 atom stereocenters. The number of anilines is 1. The second-order valence-corrected chi connectivity index (χ2v) is 7.17. The molecule has 124 valence electrons. The molecule has 1 unspecified atom stereocenters. The van der Waals surface area contributed by atoms with Crippen LogP contribution in [-0.2, 0) is 19.6 Å². The van der Waals surface area contributed by atoms with E-state index in [2.05, 4.69) is 5.32 Å². The second kappa shape index (κ2) is 7.60. The molecule has 1 rings (SSSR count). The number of sulfonamides is 1. The van der Waals surface area contributed by atoms with E-state index >= 15 is 0 Å². The lowest BCUT2D eigenvalue weighted by molar-refractivity contribution is -0.122. The zero-order valence-corrected chi connectivity index (χ0v) is 14.5. The minimum absolute atomic E-state index is 0.337. The van der Waals surface area contributed by atoms with Crippen LogP contribution in [0.4, 0.5) is 5.69 Å². The minimum Gasteiger partial charge on any atom is -0.383 e. The van der Waals surface area contributed by atoms with Gasteiger partial charge in [0.1, 0.15) is 6.04 Å². The summed E-state index contributed by atoms with van der Waals surface area (Å²) in [5.74, 6) is -0.358. The van der Waals surface area contributed by atoms with Gasteiger partial charge >= 0.3 is 0 Å². The Morgan fingerprint density at radius 1 is 1.36 bits per heavy atom. The normalized spacial score (nSPS) is 12.8. The van der Waals surface area contributed by atoms with E-state index in [1.54, 1.807) is 13.0 Å². The summed E-state index contributed by atoms with van der Waals surface area (Å²) in [7, 11) is -2.05. The van der Waals surface area contributed by atoms with Gasteiger partial charge in [-0.15, -0.1) is 0 Å². The molecule has 0 saturated carbocycles. The third kappa shape index (κ3) is 4.71. The molecule has 0 saturated heterocycles. The number of hydrogen-bond acceptors (Lipinski definition) is 4. The van der Waals surface area contributed by atoms with Crippen LogP contribution in [0.15, 0.2) is 18.2 Å². The van der Waals surface area contributed by atoms with Crippen molar-refractivity contribution in [1.82, 2.24) is 5.32 Å². The van der Waals surface area contributed by atoms with Gasteiger partial charge in [0.2, 0.25) is 15.9 Å². The Kier molecular flexibility index (Phi) is 6.37. The SMILES string of the molecule is COCCNC(=O)C(C)N(c1cc(C)ccc1C)S(C)(=O)=O. The largest absolute Gasteiger partial charge is 0.383 e. The van der Waals surface area contributed by atoms with Crippen molar-refractivity contribution >= 4 is 21.6 Å². The highest BCUT2D eigenvalue weighted by Crippen LogP contribution is 2.26. The molecule has 0 spiro atoms. The Morgan fingerprint density at radius 3 is 2.55 bits per heavy atom. The fourth-order valence-electron chi connectivity index (χ4n) is 2.16. The Hall–Kier alpha value is -1.60. The molecule has 0 aliphatic heterocycles. The first-order chi connectivity index (χ1) is 10.2. The lowest BCUT2D eigenvalue weighted by Gasteiger charge is -2.29. The molecule has 0 aliphatic rings. The number of nitrogens with one attached hydrogen (secondary N) is 1. The molecule has 0 bridgehead atoms. The van der Waals surface area contributed by atoms with Gasteiger partial charge in [0.25, 0.3) is 0 Å². The highest BCUT2D eigenvalue weighted by molar-refractivity contribution is 7.92. The molecule has 0 aliphatic carbocycles. The van der Waals surface area contributed by atoms with Gasteiger partial charge in [0.05, 0.1) is 18.6 Å². The summed E-state index contributed by atoms with van der Waals surface area (Å²) >= 11 is 0. The van der Waals surface area contributed by atoms with Crippen molar-refractivity contribution in [3.05, 3.63) is 29.3 Å². The molecular formula is C15H24N2O4S. The molecular weight excluding hydrogens is 304 g/mol. The average Bonchev–Trinajstić information content (AvgIpc) is 2.41. The van der Waals surface area contributed by atoms with Crippen molar-refractivity contribution in [2.45, 2.75) is 26.8 Å². The second-order valence-electron chi connectivity index (χ2n) is 5.31. The first kappa shape index (κ1) is 18.4. The van der Waals surface area contributed by atoms with Crippen molar-refractivity contribution in [1.29, 1.82) is 0 Å². The summed E-state index contributed by atoms with van der Waals surface area (Å²) < 4.78 is 30.4. The van der Waals surface area contributed by atoms with Gasteiger partial charge in [-0.25, -0.2) is 8.42 Å². The van der Waals surface area contributed by atoms with Crippen LogP contribution in [-0.4, -0.2) is 46.9 Å². The van der Waals surface area contributed by atoms with E-state index in [9.17, 15) is 13.2 Å². The smallest absolute Gasteiger partial charge is 0.243 e. The maximum atomic E-state index is 12.2. The topological polar surface area (TPSA) is 75.7 Å². The van der Waals surface area contributed by atoms with Gasteiger partial charge in [0.15, 0.2) is 0 Å². The maximum Gasteiger partial charge on any atom is 0.243 e. The number of ether oxygens (including phenoxy) is 1. The number of carbonyl (C=O) groups is 1. The fourth-order valence-corrected chi connectivity index (χ4v) is 3.39. The standard InChI is InChI=1S/C15H24N2O4S/c1-11-6-7-12(2)14(10-11)17(22(5,19)20)13(3)15(18)16-8-9-21-4/h6-7,10,13H,8-9H2,1-5H3,(H,16,18). The summed E-state index contributed by atoms with van der Waals surface area (Å²) in [6.07, 6.45) is 1.10. The van der Waals surface area contributed by atoms with Crippen LogP contribution in [0.1, 0.15) is 18.1 Å². The van der Waals surface area contributed by atoms with E-state index < -0.39 is 16.1 Å². The van der Waals surface area contributed by atoms with E-state index in [0.717, 1.165) is 21.7 Å². The van der Waals surface area contributed by atoms with E-state index in [0.29, 0.717) is 18.8 Å². The van der Waals surface area contributed by atoms with Crippen molar-refractivity contribution in [2.24, 2.45) is 0 Å². The van der Waals surface area contributed by atoms with Gasteiger partial charge in [-0.05, 0) is 38.0 Å². The van der Waals surface area contributed by atoms with Gasteiger partial charge in [-0.1, -0.05) is 12.1 Å². The average molecular weight is 328 g/mol. The molecule has 22 heavy (non-hydrogen) atoms. The summed E-state index contributed by atoms with van der Waals surface area (Å²) in [5, 5.41) is 2.67. The van der Waals surface area contributed by atoms with E-state index in [1.165, 1.54) is 7.11 Å². The summed E-state index contributed by atoms with van der Waals surface area (Å²) in [5.41, 5.74) is 2.26. The van der Waals surface area contributed by atoms with Gasteiger partial charge in [0, 0.05) is 13.7 Å². The van der Waals surface area contributed by atoms with Crippen molar-refractivity contribution in [3.8, 4) is 0 Å². The Bertz CT molecular complexity index is 628. The Balaban J connectivity index is 3.14. The van der Waals surface area contributed by atoms with Crippen molar-refractivity contribution in [2.75, 3.05) is 30.8 Å². The third-order valence-corrected chi connectivity index (χ3v) is 4.52. The highest BCUT2D eigenvalue weighted by atomic mass is 32.2. The van der Waals surface area contributed by atoms with Crippen LogP contribution >= 0.6 is 0 Å². The number of hydrogen-bond donors (Lipinski definition) is 1. The predicted octanol–water partition coefficient (Wildman–Crippen LogP) is 1.22. The van der Waals surface area contributed by atoms with Gasteiger partial charge < -0.3 is 10.1 Å². The summed E-state index contributed by atoms with van der Waals surface area (Å²) in [6.45, 7) is 5.99. The van der Waals surface area contributed by atoms with Crippen molar-refractivity contribution < 1.29 is 17.9 Å². The number of rotatable bonds is 7. The number of benzene rings is 1. The van der Waals surface area contributed by atoms with Crippen LogP contribution < -0.4 is 9.62 Å². The van der Waals surface area contributed by atoms with Gasteiger partial charge in [-0.2, -0.15) is 0 Å². The first-order valence-corrected chi connectivity index (χ1v) is 8.86. The van der Waals surface area contributed by atoms with Crippen LogP contribution in [0, 0.1) is 13.8 Å². The minimum atomic E-state index is -3.59. The first-order valence-electron chi connectivity index (χ1n) is 7.01. The fraction of sp³-hybridized carbons (Fsp3) is 0.533. The zero-order chi connectivity index (χ0) is 16.9. The number of amides is 1. The third-order valence-electron chi connectivity index (χ3n) is 3.30. The highest BCUT2D eigenvalue weighted by Gasteiger charge is 2.29. The number of aryl methyl sites for hydroxylation is 2. The van der Waals surface area contributed by atoms with Crippen LogP contribution in [0.2, 0.25) is 0 Å². The van der Waals surface area contributed by atoms with E-state index in [4.69, 9.17) is 4.74 Å². The molecule has 1 N–H and O–H groups in total. The van der Waals surface area contributed by atoms with E-state index in [-0.39, 0.29) is 5.91 Å². The number of nitrogens with zero attached hydrogens (tertiary/aromatic N) is 1. The molecule has 0 aromatic heterocycles. The van der Waals surface area contributed by atoms with Crippen LogP contribution in [0.3, 0.4) is 0 Å². The molecule has 1 aromatic rings. The molecule has 0 radical (unpaired) electrons. The maximum absolute atomic E-state index is 12.2. The van der Waals surface area contributed by atoms with Crippen molar-refractivity contribution in [3.63, 3.8) is 0 Å². The number of methoxy groups -OCH3 is 1. The van der Waals surface area contributed by atoms with E-state index in [1.807, 2.05) is 26.0 Å². The molecule has 7 heteroatoms. The molecule has 0 heterocycles. The van der Waals surface area contributed by atoms with Crippen LogP contribution in [0.25, 0.3) is 0 Å². The lowest BCUT2D eigenvalue weighted by atomic mass is 10.1. The van der Waals surface area contributed by atoms with Gasteiger partial charge in [-0.3, -0.25) is 9.10 Å². The Morgan fingerprint density at radius 2 is 2.00 bits per heavy atom. The molecule has 0 fully saturated rings. The molecule has 1 aromatic carbocycles. The number of carbonyl (C=O) groups excluding carboxylic acids is 1. The van der Waals surface area contributed by atoms with Crippen LogP contribution in [0.5, 0.6) is 0 Å². The lowest BCUT2D eigenvalue weighted by Crippen LogP contribution is -2.48. The monoisotopic (exact) mass is 328 g/mol. The summed E-state index contributed by atoms with van der Waals surface area (Å²) in [4.78, 5) is 12.2. The predicted molar refractivity (Wildman–Crippen MR) is 87.6 cm³/mol. The molecule has 6 nitrogen and oxygen atoms in total. The molecule has 1 amide bonds.